The number of carbonyl (C=O) groups excluding carboxylic acids is 2. The van der Waals surface area contributed by atoms with E-state index in [-0.39, 0.29) is 36.2 Å². The number of carboxylic acids is 1. The maximum Gasteiger partial charge on any atom is 0.362 e. The molecule has 0 aromatic rings. The average Bonchev–Trinajstić information content (AvgIpc) is 3.26. The summed E-state index contributed by atoms with van der Waals surface area (Å²) in [4.78, 5) is 37.2. The van der Waals surface area contributed by atoms with E-state index in [2.05, 4.69) is 62.5 Å². The smallest absolute Gasteiger partial charge is 0.362 e. The van der Waals surface area contributed by atoms with Crippen molar-refractivity contribution in [3.63, 3.8) is 0 Å². The van der Waals surface area contributed by atoms with Gasteiger partial charge in [0.25, 0.3) is 0 Å². The van der Waals surface area contributed by atoms with E-state index in [0.29, 0.717) is 19.3 Å². The third-order valence-electron chi connectivity index (χ3n) is 12.0. The molecule has 0 aliphatic carbocycles. The first-order valence-corrected chi connectivity index (χ1v) is 26.7. The summed E-state index contributed by atoms with van der Waals surface area (Å²) >= 11 is 0. The first-order valence-electron chi connectivity index (χ1n) is 26.7. The lowest BCUT2D eigenvalue weighted by atomic mass is 10.1. The van der Waals surface area contributed by atoms with Crippen LogP contribution in [0.25, 0.3) is 0 Å². The largest absolute Gasteiger partial charge is 0.477 e. The van der Waals surface area contributed by atoms with Crippen molar-refractivity contribution in [1.29, 1.82) is 0 Å². The number of ether oxygens (including phenoxy) is 3. The number of likely N-dealkylation sites (N-methyl/N-ethyl adjacent to an activating group) is 1. The zero-order valence-electron chi connectivity index (χ0n) is 42.5. The van der Waals surface area contributed by atoms with Crippen LogP contribution in [0.2, 0.25) is 0 Å². The Balaban J connectivity index is 4.22. The van der Waals surface area contributed by atoms with Crippen molar-refractivity contribution in [1.82, 2.24) is 0 Å². The number of hydrogen-bond donors (Lipinski definition) is 1. The van der Waals surface area contributed by atoms with Gasteiger partial charge in [-0.2, -0.15) is 0 Å². The molecule has 0 aliphatic heterocycles. The van der Waals surface area contributed by atoms with Crippen molar-refractivity contribution in [3.05, 3.63) is 48.6 Å². The third-order valence-corrected chi connectivity index (χ3v) is 12.0. The van der Waals surface area contributed by atoms with Crippen LogP contribution < -0.4 is 0 Å². The van der Waals surface area contributed by atoms with Crippen molar-refractivity contribution in [2.45, 2.75) is 251 Å². The molecule has 1 N–H and O–H groups in total. The molecule has 2 atom stereocenters. The van der Waals surface area contributed by atoms with E-state index in [1.165, 1.54) is 141 Å². The van der Waals surface area contributed by atoms with Gasteiger partial charge in [0, 0.05) is 19.3 Å². The number of aliphatic carboxylic acids is 1. The summed E-state index contributed by atoms with van der Waals surface area (Å²) in [7, 11) is 5.54. The van der Waals surface area contributed by atoms with Crippen LogP contribution in [0.15, 0.2) is 48.6 Å². The summed E-state index contributed by atoms with van der Waals surface area (Å²) in [5, 5.41) is 9.66. The minimum atomic E-state index is -0.875. The van der Waals surface area contributed by atoms with Gasteiger partial charge in [-0.15, -0.1) is 0 Å². The van der Waals surface area contributed by atoms with Gasteiger partial charge in [0.1, 0.15) is 6.61 Å². The molecule has 0 spiro atoms. The Kier molecular flexibility index (Phi) is 44.8. The molecule has 2 unspecified atom stereocenters. The molecule has 8 heteroatoms. The average molecular weight is 901 g/mol. The van der Waals surface area contributed by atoms with Crippen molar-refractivity contribution < 1.29 is 38.2 Å². The number of unbranched alkanes of at least 4 members (excludes halogenated alkanes) is 26. The zero-order chi connectivity index (χ0) is 47.0. The van der Waals surface area contributed by atoms with E-state index in [1.807, 2.05) is 21.1 Å². The Morgan fingerprint density at radius 2 is 0.875 bits per heavy atom. The first kappa shape index (κ1) is 61.3. The van der Waals surface area contributed by atoms with Gasteiger partial charge in [0.2, 0.25) is 0 Å². The number of allylic oxidation sites excluding steroid dienone is 8. The monoisotopic (exact) mass is 901 g/mol. The van der Waals surface area contributed by atoms with Crippen molar-refractivity contribution >= 4 is 17.9 Å². The quantitative estimate of drug-likeness (QED) is 0.0281. The number of carbonyl (C=O) groups is 3. The van der Waals surface area contributed by atoms with Crippen LogP contribution in [0, 0.1) is 0 Å². The summed E-state index contributed by atoms with van der Waals surface area (Å²) < 4.78 is 17.4. The van der Waals surface area contributed by atoms with Gasteiger partial charge in [0.15, 0.2) is 12.1 Å². The third kappa shape index (κ3) is 44.5. The minimum Gasteiger partial charge on any atom is -0.477 e. The summed E-state index contributed by atoms with van der Waals surface area (Å²) in [5.41, 5.74) is 0. The van der Waals surface area contributed by atoms with Gasteiger partial charge in [-0.05, 0) is 70.6 Å². The second-order valence-electron chi connectivity index (χ2n) is 19.1. The lowest BCUT2D eigenvalue weighted by molar-refractivity contribution is -0.887. The lowest BCUT2D eigenvalue weighted by Gasteiger charge is -2.31. The van der Waals surface area contributed by atoms with E-state index >= 15 is 0 Å². The first-order chi connectivity index (χ1) is 31.1. The highest BCUT2D eigenvalue weighted by atomic mass is 16.6. The van der Waals surface area contributed by atoms with Gasteiger partial charge in [-0.1, -0.05) is 197 Å². The second kappa shape index (κ2) is 46.8. The van der Waals surface area contributed by atoms with E-state index in [9.17, 15) is 19.5 Å². The Bertz CT molecular complexity index is 1190. The highest BCUT2D eigenvalue weighted by Gasteiger charge is 2.31. The number of nitrogens with zero attached hydrogens (tertiary/aromatic N) is 1. The highest BCUT2D eigenvalue weighted by Crippen LogP contribution is 2.16. The van der Waals surface area contributed by atoms with Gasteiger partial charge in [0.05, 0.1) is 34.4 Å². The minimum absolute atomic E-state index is 0.0550. The molecule has 0 bridgehead atoms. The molecule has 0 saturated carbocycles. The second-order valence-corrected chi connectivity index (χ2v) is 19.1. The number of esters is 2. The van der Waals surface area contributed by atoms with E-state index < -0.39 is 18.1 Å². The maximum atomic E-state index is 12.8. The Morgan fingerprint density at radius 3 is 1.31 bits per heavy atom. The molecular formula is C56H102NO7+. The number of hydrogen-bond acceptors (Lipinski definition) is 6. The Labute approximate surface area is 395 Å². The Hall–Kier alpha value is -2.71. The van der Waals surface area contributed by atoms with E-state index in [4.69, 9.17) is 14.2 Å². The predicted molar refractivity (Wildman–Crippen MR) is 271 cm³/mol. The van der Waals surface area contributed by atoms with Crippen molar-refractivity contribution in [3.8, 4) is 0 Å². The fourth-order valence-electron chi connectivity index (χ4n) is 7.87. The topological polar surface area (TPSA) is 99.1 Å². The molecule has 0 heterocycles. The van der Waals surface area contributed by atoms with Crippen molar-refractivity contribution in [2.75, 3.05) is 41.0 Å². The predicted octanol–water partition coefficient (Wildman–Crippen LogP) is 15.5. The van der Waals surface area contributed by atoms with Gasteiger partial charge in [-0.3, -0.25) is 9.59 Å². The fourth-order valence-corrected chi connectivity index (χ4v) is 7.87. The number of carboxylic acid groups (broad SMARTS) is 1. The molecule has 0 amide bonds. The molecule has 64 heavy (non-hydrogen) atoms. The molecular weight excluding hydrogens is 799 g/mol. The molecule has 0 aromatic carbocycles. The summed E-state index contributed by atoms with van der Waals surface area (Å²) in [6.07, 6.45) is 57.3. The molecule has 8 nitrogen and oxygen atoms in total. The zero-order valence-corrected chi connectivity index (χ0v) is 42.5. The number of quaternary nitrogens is 1. The van der Waals surface area contributed by atoms with E-state index in [0.717, 1.165) is 64.2 Å². The molecule has 0 rings (SSSR count). The van der Waals surface area contributed by atoms with Gasteiger partial charge in [-0.25, -0.2) is 4.79 Å². The highest BCUT2D eigenvalue weighted by molar-refractivity contribution is 5.72. The summed E-state index contributed by atoms with van der Waals surface area (Å²) in [6, 6.07) is -0.617. The van der Waals surface area contributed by atoms with Crippen LogP contribution in [-0.2, 0) is 28.6 Å². The van der Waals surface area contributed by atoms with Gasteiger partial charge >= 0.3 is 17.9 Å². The molecule has 0 saturated heterocycles. The fraction of sp³-hybridized carbons (Fsp3) is 0.804. The van der Waals surface area contributed by atoms with Crippen LogP contribution in [0.1, 0.15) is 239 Å². The normalized spacial score (nSPS) is 13.2. The molecule has 0 radical (unpaired) electrons. The summed E-state index contributed by atoms with van der Waals surface area (Å²) in [5.74, 6) is -1.47. The standard InChI is InChI=1S/C56H101NO7/c1-6-8-10-12-14-16-18-20-22-24-26-27-29-31-33-35-37-39-41-43-45-47-55(59)64-52(50-62-49-48-53(56(60)61)57(3,4)5)51-63-54(58)46-44-42-40-38-36-34-32-30-28-25-23-21-19-17-15-13-11-9-7-2/h9,11,15,17,21,23,27,29,52-53H,6-8,10,12-14,16,18-20,22,24-26,28,30-51H2,1-5H3/p+1/b11-9+,17-15+,23-21+,29-27+. The maximum absolute atomic E-state index is 12.8. The summed E-state index contributed by atoms with van der Waals surface area (Å²) in [6.45, 7) is 4.65. The molecule has 0 aromatic heterocycles. The lowest BCUT2D eigenvalue weighted by Crippen LogP contribution is -2.50. The van der Waals surface area contributed by atoms with Crippen LogP contribution in [0.4, 0.5) is 0 Å². The number of rotatable bonds is 48. The van der Waals surface area contributed by atoms with Gasteiger partial charge < -0.3 is 23.8 Å². The van der Waals surface area contributed by atoms with E-state index in [1.54, 1.807) is 0 Å². The van der Waals surface area contributed by atoms with Crippen LogP contribution >= 0.6 is 0 Å². The van der Waals surface area contributed by atoms with Crippen LogP contribution in [0.3, 0.4) is 0 Å². The Morgan fingerprint density at radius 1 is 0.484 bits per heavy atom. The van der Waals surface area contributed by atoms with Crippen LogP contribution in [0.5, 0.6) is 0 Å². The molecule has 372 valence electrons. The molecule has 0 fully saturated rings. The van der Waals surface area contributed by atoms with Crippen molar-refractivity contribution in [2.24, 2.45) is 0 Å². The SMILES string of the molecule is CC/C=C/C/C=C/C/C=C/CCCCCCCCCCCC(=O)OCC(COCCC(C(=O)O)[N+](C)(C)C)OC(=O)CCCCCCCCC/C=C/CCCCCCCCCCCC. The molecule has 0 aliphatic rings. The van der Waals surface area contributed by atoms with Crippen LogP contribution in [-0.4, -0.2) is 80.6 Å².